The molecule has 1 aliphatic heterocycles. The smallest absolute Gasteiger partial charge is 0.309 e. The first-order chi connectivity index (χ1) is 15.7. The van der Waals surface area contributed by atoms with Crippen LogP contribution in [0.2, 0.25) is 0 Å². The lowest BCUT2D eigenvalue weighted by atomic mass is 9.87. The summed E-state index contributed by atoms with van der Waals surface area (Å²) in [6.45, 7) is 4.30. The van der Waals surface area contributed by atoms with Gasteiger partial charge in [-0.15, -0.1) is 0 Å². The first-order valence-electron chi connectivity index (χ1n) is 14.2. The molecule has 0 aromatic carbocycles. The largest absolute Gasteiger partial charge is 0.465 e. The fourth-order valence-corrected chi connectivity index (χ4v) is 5.35. The van der Waals surface area contributed by atoms with E-state index in [1.54, 1.807) is 0 Å². The van der Waals surface area contributed by atoms with Gasteiger partial charge in [-0.05, 0) is 32.1 Å². The van der Waals surface area contributed by atoms with Gasteiger partial charge in [0.15, 0.2) is 0 Å². The SMILES string of the molecule is CCCCCCCCCCCCCCCOC(=O)C1CCN(C(=O)C2CCCCC2)CC1. The molecule has 2 rings (SSSR count). The van der Waals surface area contributed by atoms with Crippen LogP contribution < -0.4 is 0 Å². The summed E-state index contributed by atoms with van der Waals surface area (Å²) in [6.07, 6.45) is 24.6. The third-order valence-corrected chi connectivity index (χ3v) is 7.59. The second-order valence-corrected chi connectivity index (χ2v) is 10.3. The van der Waals surface area contributed by atoms with Crippen molar-refractivity contribution in [3.05, 3.63) is 0 Å². The number of hydrogen-bond donors (Lipinski definition) is 0. The molecule has 2 fully saturated rings. The number of unbranched alkanes of at least 4 members (excludes halogenated alkanes) is 12. The van der Waals surface area contributed by atoms with Crippen LogP contribution in [0.5, 0.6) is 0 Å². The molecule has 4 heteroatoms. The number of likely N-dealkylation sites (tertiary alicyclic amines) is 1. The summed E-state index contributed by atoms with van der Waals surface area (Å²) in [5.41, 5.74) is 0. The zero-order valence-corrected chi connectivity index (χ0v) is 21.1. The van der Waals surface area contributed by atoms with E-state index in [-0.39, 0.29) is 17.8 Å². The van der Waals surface area contributed by atoms with Crippen LogP contribution in [0, 0.1) is 11.8 Å². The van der Waals surface area contributed by atoms with Gasteiger partial charge >= 0.3 is 5.97 Å². The van der Waals surface area contributed by atoms with Gasteiger partial charge in [-0.1, -0.05) is 103 Å². The molecular weight excluding hydrogens is 398 g/mol. The van der Waals surface area contributed by atoms with Gasteiger partial charge in [0.2, 0.25) is 5.91 Å². The van der Waals surface area contributed by atoms with Crippen LogP contribution >= 0.6 is 0 Å². The van der Waals surface area contributed by atoms with Gasteiger partial charge in [0.1, 0.15) is 0 Å². The van der Waals surface area contributed by atoms with Crippen molar-refractivity contribution in [2.24, 2.45) is 11.8 Å². The van der Waals surface area contributed by atoms with E-state index in [1.165, 1.54) is 96.3 Å². The Morgan fingerprint density at radius 2 is 1.16 bits per heavy atom. The fraction of sp³-hybridized carbons (Fsp3) is 0.929. The Kier molecular flexibility index (Phi) is 14.8. The molecule has 0 atom stereocenters. The highest BCUT2D eigenvalue weighted by atomic mass is 16.5. The minimum Gasteiger partial charge on any atom is -0.465 e. The van der Waals surface area contributed by atoms with Crippen LogP contribution in [0.25, 0.3) is 0 Å². The van der Waals surface area contributed by atoms with Crippen molar-refractivity contribution in [3.63, 3.8) is 0 Å². The molecule has 1 heterocycles. The Morgan fingerprint density at radius 1 is 0.656 bits per heavy atom. The van der Waals surface area contributed by atoms with Crippen molar-refractivity contribution < 1.29 is 14.3 Å². The highest BCUT2D eigenvalue weighted by Crippen LogP contribution is 2.28. The van der Waals surface area contributed by atoms with E-state index < -0.39 is 0 Å². The van der Waals surface area contributed by atoms with Gasteiger partial charge in [0, 0.05) is 19.0 Å². The summed E-state index contributed by atoms with van der Waals surface area (Å²) >= 11 is 0. The van der Waals surface area contributed by atoms with Crippen LogP contribution in [-0.4, -0.2) is 36.5 Å². The molecule has 0 spiro atoms. The maximum atomic E-state index is 12.7. The second-order valence-electron chi connectivity index (χ2n) is 10.3. The molecule has 0 aromatic rings. The number of piperidine rings is 1. The second kappa shape index (κ2) is 17.4. The van der Waals surface area contributed by atoms with E-state index in [1.807, 2.05) is 4.90 Å². The highest BCUT2D eigenvalue weighted by Gasteiger charge is 2.31. The third kappa shape index (κ3) is 11.2. The molecule has 0 radical (unpaired) electrons. The quantitative estimate of drug-likeness (QED) is 0.182. The van der Waals surface area contributed by atoms with Crippen LogP contribution in [0.15, 0.2) is 0 Å². The van der Waals surface area contributed by atoms with Crippen molar-refractivity contribution in [2.45, 2.75) is 135 Å². The molecule has 0 aromatic heterocycles. The molecule has 0 bridgehead atoms. The maximum Gasteiger partial charge on any atom is 0.309 e. The fourth-order valence-electron chi connectivity index (χ4n) is 5.35. The zero-order chi connectivity index (χ0) is 22.9. The van der Waals surface area contributed by atoms with Gasteiger partial charge in [0.25, 0.3) is 0 Å². The number of nitrogens with zero attached hydrogens (tertiary/aromatic N) is 1. The van der Waals surface area contributed by atoms with Crippen LogP contribution in [0.3, 0.4) is 0 Å². The zero-order valence-electron chi connectivity index (χ0n) is 21.1. The Morgan fingerprint density at radius 3 is 1.69 bits per heavy atom. The number of esters is 1. The summed E-state index contributed by atoms with van der Waals surface area (Å²) in [5, 5.41) is 0. The molecule has 186 valence electrons. The van der Waals surface area contributed by atoms with Gasteiger partial charge in [-0.3, -0.25) is 9.59 Å². The molecule has 0 unspecified atom stereocenters. The molecule has 1 saturated heterocycles. The maximum absolute atomic E-state index is 12.7. The lowest BCUT2D eigenvalue weighted by Crippen LogP contribution is -2.43. The summed E-state index contributed by atoms with van der Waals surface area (Å²) in [6, 6.07) is 0. The molecule has 0 N–H and O–H groups in total. The highest BCUT2D eigenvalue weighted by molar-refractivity contribution is 5.79. The molecule has 32 heavy (non-hydrogen) atoms. The molecule has 1 aliphatic carbocycles. The molecule has 4 nitrogen and oxygen atoms in total. The predicted octanol–water partition coefficient (Wildman–Crippen LogP) is 7.44. The average molecular weight is 450 g/mol. The summed E-state index contributed by atoms with van der Waals surface area (Å²) < 4.78 is 5.55. The molecule has 2 aliphatic rings. The topological polar surface area (TPSA) is 46.6 Å². The van der Waals surface area contributed by atoms with Crippen molar-refractivity contribution in [1.29, 1.82) is 0 Å². The minimum atomic E-state index is -0.0336. The average Bonchev–Trinajstić information content (AvgIpc) is 2.84. The molecular formula is C28H51NO3. The lowest BCUT2D eigenvalue weighted by molar-refractivity contribution is -0.152. The monoisotopic (exact) mass is 449 g/mol. The first-order valence-corrected chi connectivity index (χ1v) is 14.2. The molecule has 1 amide bonds. The third-order valence-electron chi connectivity index (χ3n) is 7.59. The van der Waals surface area contributed by atoms with Crippen molar-refractivity contribution in [3.8, 4) is 0 Å². The normalized spacial score (nSPS) is 18.1. The van der Waals surface area contributed by atoms with E-state index >= 15 is 0 Å². The van der Waals surface area contributed by atoms with Gasteiger partial charge in [-0.2, -0.15) is 0 Å². The van der Waals surface area contributed by atoms with Crippen LogP contribution in [0.1, 0.15) is 135 Å². The summed E-state index contributed by atoms with van der Waals surface area (Å²) in [7, 11) is 0. The predicted molar refractivity (Wildman–Crippen MR) is 133 cm³/mol. The number of carbonyl (C=O) groups excluding carboxylic acids is 2. The number of amides is 1. The van der Waals surface area contributed by atoms with E-state index in [9.17, 15) is 9.59 Å². The van der Waals surface area contributed by atoms with Gasteiger partial charge in [0.05, 0.1) is 12.5 Å². The van der Waals surface area contributed by atoms with Gasteiger partial charge < -0.3 is 9.64 Å². The summed E-state index contributed by atoms with van der Waals surface area (Å²) in [4.78, 5) is 27.0. The van der Waals surface area contributed by atoms with E-state index in [0.717, 1.165) is 45.2 Å². The Labute approximate surface area is 198 Å². The number of ether oxygens (including phenoxy) is 1. The van der Waals surface area contributed by atoms with Gasteiger partial charge in [-0.25, -0.2) is 0 Å². The van der Waals surface area contributed by atoms with E-state index in [4.69, 9.17) is 4.74 Å². The number of carbonyl (C=O) groups is 2. The minimum absolute atomic E-state index is 0.00706. The lowest BCUT2D eigenvalue weighted by Gasteiger charge is -2.34. The number of hydrogen-bond acceptors (Lipinski definition) is 3. The Balaban J connectivity index is 1.39. The van der Waals surface area contributed by atoms with Crippen LogP contribution in [-0.2, 0) is 14.3 Å². The first kappa shape index (κ1) is 27.2. The number of rotatable bonds is 16. The molecule has 1 saturated carbocycles. The van der Waals surface area contributed by atoms with Crippen molar-refractivity contribution >= 4 is 11.9 Å². The standard InChI is InChI=1S/C28H51NO3/c1-2-3-4-5-6-7-8-9-10-11-12-13-17-24-32-28(31)26-20-22-29(23-21-26)27(30)25-18-15-14-16-19-25/h25-26H,2-24H2,1H3. The Hall–Kier alpha value is -1.06. The van der Waals surface area contributed by atoms with E-state index in [2.05, 4.69) is 6.92 Å². The summed E-state index contributed by atoms with van der Waals surface area (Å²) in [5.74, 6) is 0.535. The van der Waals surface area contributed by atoms with Crippen molar-refractivity contribution in [2.75, 3.05) is 19.7 Å². The Bertz CT molecular complexity index is 493. The van der Waals surface area contributed by atoms with Crippen molar-refractivity contribution in [1.82, 2.24) is 4.90 Å². The van der Waals surface area contributed by atoms with Crippen LogP contribution in [0.4, 0.5) is 0 Å². The van der Waals surface area contributed by atoms with E-state index in [0.29, 0.717) is 12.5 Å².